The SMILES string of the molecule is C=CCn1c(=O)c2cnc(Nc3ccc4c(c3)CN(C)CC43CC3)nc2n1-c1ccc(=O)n(C(C)C)c1. The smallest absolute Gasteiger partial charge is 0.278 e. The summed E-state index contributed by atoms with van der Waals surface area (Å²) in [6.45, 7) is 10.0. The van der Waals surface area contributed by atoms with Gasteiger partial charge >= 0.3 is 0 Å². The molecule has 9 heteroatoms. The number of nitrogens with one attached hydrogen (secondary N) is 1. The van der Waals surface area contributed by atoms with Gasteiger partial charge in [-0.15, -0.1) is 6.58 Å². The Morgan fingerprint density at radius 2 is 2.00 bits per heavy atom. The number of likely N-dealkylation sites (N-methyl/N-ethyl adjacent to an activating group) is 1. The molecule has 1 aliphatic heterocycles. The number of allylic oxidation sites excluding steroid dienone is 1. The molecule has 1 N–H and O–H groups in total. The maximum atomic E-state index is 13.2. The van der Waals surface area contributed by atoms with E-state index in [2.05, 4.69) is 47.0 Å². The largest absolute Gasteiger partial charge is 0.324 e. The Bertz CT molecular complexity index is 1660. The standard InChI is InChI=1S/C28H31N7O2/c1-5-12-34-26(37)22-14-29-27(31-25(22)35(34)21-7-9-24(36)33(16-21)18(2)3)30-20-6-8-23-19(13-20)15-32(4)17-28(23)10-11-28/h5-9,13-14,16,18H,1,10-12,15,17H2,2-4H3,(H,29,30,31). The molecule has 190 valence electrons. The zero-order valence-corrected chi connectivity index (χ0v) is 21.4. The lowest BCUT2D eigenvalue weighted by Crippen LogP contribution is -2.35. The van der Waals surface area contributed by atoms with Gasteiger partial charge in [0.25, 0.3) is 11.1 Å². The molecule has 1 fully saturated rings. The first-order valence-corrected chi connectivity index (χ1v) is 12.7. The topological polar surface area (TPSA) is 90.0 Å². The number of pyridine rings is 1. The average Bonchev–Trinajstić information content (AvgIpc) is 3.57. The fourth-order valence-electron chi connectivity index (χ4n) is 5.63. The molecule has 0 unspecified atom stereocenters. The van der Waals surface area contributed by atoms with Gasteiger partial charge in [0.1, 0.15) is 5.39 Å². The Morgan fingerprint density at radius 3 is 2.73 bits per heavy atom. The van der Waals surface area contributed by atoms with E-state index in [0.717, 1.165) is 18.8 Å². The van der Waals surface area contributed by atoms with Crippen molar-refractivity contribution in [3.05, 3.63) is 87.2 Å². The molecule has 37 heavy (non-hydrogen) atoms. The summed E-state index contributed by atoms with van der Waals surface area (Å²) in [5.41, 5.74) is 4.85. The third kappa shape index (κ3) is 3.90. The van der Waals surface area contributed by atoms with Gasteiger partial charge in [-0.25, -0.2) is 14.3 Å². The molecule has 2 aliphatic rings. The summed E-state index contributed by atoms with van der Waals surface area (Å²) in [7, 11) is 2.18. The summed E-state index contributed by atoms with van der Waals surface area (Å²) in [5.74, 6) is 0.402. The molecular formula is C28H31N7O2. The summed E-state index contributed by atoms with van der Waals surface area (Å²) < 4.78 is 4.94. The molecule has 0 atom stereocenters. The number of hydrogen-bond donors (Lipinski definition) is 1. The highest BCUT2D eigenvalue weighted by Gasteiger charge is 2.48. The minimum absolute atomic E-state index is 0.0291. The summed E-state index contributed by atoms with van der Waals surface area (Å²) in [4.78, 5) is 37.2. The Kier molecular flexibility index (Phi) is 5.41. The maximum Gasteiger partial charge on any atom is 0.278 e. The Morgan fingerprint density at radius 1 is 1.19 bits per heavy atom. The first kappa shape index (κ1) is 23.4. The molecule has 1 aliphatic carbocycles. The van der Waals surface area contributed by atoms with Crippen molar-refractivity contribution in [2.45, 2.75) is 51.2 Å². The van der Waals surface area contributed by atoms with Gasteiger partial charge in [-0.3, -0.25) is 9.59 Å². The third-order valence-corrected chi connectivity index (χ3v) is 7.50. The van der Waals surface area contributed by atoms with Gasteiger partial charge in [-0.05, 0) is 63.1 Å². The molecule has 0 bridgehead atoms. The molecule has 1 aromatic carbocycles. The van der Waals surface area contributed by atoms with Crippen LogP contribution in [0.2, 0.25) is 0 Å². The summed E-state index contributed by atoms with van der Waals surface area (Å²) in [6, 6.07) is 9.71. The predicted molar refractivity (Wildman–Crippen MR) is 145 cm³/mol. The Labute approximate surface area is 214 Å². The van der Waals surface area contributed by atoms with Crippen molar-refractivity contribution in [2.24, 2.45) is 0 Å². The minimum Gasteiger partial charge on any atom is -0.324 e. The van der Waals surface area contributed by atoms with Crippen LogP contribution in [-0.2, 0) is 18.5 Å². The van der Waals surface area contributed by atoms with Gasteiger partial charge in [0.05, 0.1) is 12.2 Å². The van der Waals surface area contributed by atoms with Gasteiger partial charge in [0, 0.05) is 48.7 Å². The minimum atomic E-state index is -0.213. The van der Waals surface area contributed by atoms with Gasteiger partial charge in [-0.2, -0.15) is 4.98 Å². The Hall–Kier alpha value is -3.98. The van der Waals surface area contributed by atoms with Crippen LogP contribution in [0.3, 0.4) is 0 Å². The number of hydrogen-bond acceptors (Lipinski definition) is 6. The van der Waals surface area contributed by atoms with Crippen LogP contribution in [0.15, 0.2) is 65.0 Å². The lowest BCUT2D eigenvalue weighted by molar-refractivity contribution is 0.271. The van der Waals surface area contributed by atoms with Crippen LogP contribution in [0.5, 0.6) is 0 Å². The quantitative estimate of drug-likeness (QED) is 0.408. The van der Waals surface area contributed by atoms with E-state index in [1.165, 1.54) is 30.0 Å². The van der Waals surface area contributed by atoms with E-state index in [9.17, 15) is 9.59 Å². The lowest BCUT2D eigenvalue weighted by Gasteiger charge is -2.32. The molecule has 0 amide bonds. The van der Waals surface area contributed by atoms with E-state index >= 15 is 0 Å². The van der Waals surface area contributed by atoms with Crippen LogP contribution >= 0.6 is 0 Å². The normalized spacial score (nSPS) is 16.3. The number of nitrogens with zero attached hydrogens (tertiary/aromatic N) is 6. The van der Waals surface area contributed by atoms with Crippen molar-refractivity contribution in [1.29, 1.82) is 0 Å². The molecule has 1 spiro atoms. The van der Waals surface area contributed by atoms with Gasteiger partial charge in [0.2, 0.25) is 5.95 Å². The van der Waals surface area contributed by atoms with Crippen molar-refractivity contribution in [1.82, 2.24) is 28.8 Å². The second-order valence-electron chi connectivity index (χ2n) is 10.6. The monoisotopic (exact) mass is 497 g/mol. The predicted octanol–water partition coefficient (Wildman–Crippen LogP) is 3.73. The molecule has 6 rings (SSSR count). The van der Waals surface area contributed by atoms with Crippen molar-refractivity contribution < 1.29 is 0 Å². The molecule has 0 radical (unpaired) electrons. The lowest BCUT2D eigenvalue weighted by atomic mass is 9.87. The van der Waals surface area contributed by atoms with Crippen LogP contribution in [0.1, 0.15) is 43.9 Å². The van der Waals surface area contributed by atoms with Crippen molar-refractivity contribution in [2.75, 3.05) is 18.9 Å². The van der Waals surface area contributed by atoms with E-state index in [0.29, 0.717) is 34.6 Å². The maximum absolute atomic E-state index is 13.2. The molecule has 4 heterocycles. The highest BCUT2D eigenvalue weighted by molar-refractivity contribution is 5.77. The van der Waals surface area contributed by atoms with Crippen LogP contribution in [-0.4, -0.2) is 42.4 Å². The fraction of sp³-hybridized carbons (Fsp3) is 0.357. The molecular weight excluding hydrogens is 466 g/mol. The molecule has 1 saturated carbocycles. The van der Waals surface area contributed by atoms with Crippen molar-refractivity contribution in [3.8, 4) is 5.69 Å². The molecule has 9 nitrogen and oxygen atoms in total. The summed E-state index contributed by atoms with van der Waals surface area (Å²) in [5, 5.41) is 3.75. The van der Waals surface area contributed by atoms with Crippen LogP contribution in [0, 0.1) is 0 Å². The zero-order chi connectivity index (χ0) is 25.9. The molecule has 3 aromatic heterocycles. The summed E-state index contributed by atoms with van der Waals surface area (Å²) >= 11 is 0. The Balaban J connectivity index is 1.44. The van der Waals surface area contributed by atoms with Gasteiger partial charge in [-0.1, -0.05) is 12.1 Å². The summed E-state index contributed by atoms with van der Waals surface area (Å²) in [6.07, 6.45) is 7.49. The number of anilines is 2. The highest BCUT2D eigenvalue weighted by atomic mass is 16.1. The first-order valence-electron chi connectivity index (χ1n) is 12.7. The van der Waals surface area contributed by atoms with E-state index in [1.54, 1.807) is 38.5 Å². The zero-order valence-electron chi connectivity index (χ0n) is 21.4. The molecule has 0 saturated heterocycles. The van der Waals surface area contributed by atoms with E-state index in [1.807, 2.05) is 13.8 Å². The van der Waals surface area contributed by atoms with Crippen molar-refractivity contribution >= 4 is 22.7 Å². The fourth-order valence-corrected chi connectivity index (χ4v) is 5.63. The highest BCUT2D eigenvalue weighted by Crippen LogP contribution is 2.52. The van der Waals surface area contributed by atoms with E-state index < -0.39 is 0 Å². The molecule has 4 aromatic rings. The van der Waals surface area contributed by atoms with E-state index in [-0.39, 0.29) is 17.2 Å². The number of benzene rings is 1. The van der Waals surface area contributed by atoms with Crippen LogP contribution < -0.4 is 16.4 Å². The second kappa shape index (κ2) is 8.55. The second-order valence-corrected chi connectivity index (χ2v) is 10.6. The third-order valence-electron chi connectivity index (χ3n) is 7.50. The average molecular weight is 498 g/mol. The number of rotatable bonds is 6. The van der Waals surface area contributed by atoms with Crippen LogP contribution in [0.25, 0.3) is 16.7 Å². The first-order chi connectivity index (χ1) is 17.8. The number of fused-ring (bicyclic) bond motifs is 3. The van der Waals surface area contributed by atoms with E-state index in [4.69, 9.17) is 4.98 Å². The van der Waals surface area contributed by atoms with Crippen molar-refractivity contribution in [3.63, 3.8) is 0 Å². The number of aromatic nitrogens is 5. The van der Waals surface area contributed by atoms with Gasteiger partial charge in [0.15, 0.2) is 5.65 Å². The van der Waals surface area contributed by atoms with Crippen LogP contribution in [0.4, 0.5) is 11.6 Å². The van der Waals surface area contributed by atoms with Gasteiger partial charge < -0.3 is 14.8 Å².